The molecule has 1 N–H and O–H groups in total. The molecule has 1 nitrogen and oxygen atoms in total. The highest BCUT2D eigenvalue weighted by atomic mass is 32.2. The lowest BCUT2D eigenvalue weighted by Crippen LogP contribution is -2.21. The van der Waals surface area contributed by atoms with E-state index in [-0.39, 0.29) is 0 Å². The summed E-state index contributed by atoms with van der Waals surface area (Å²) in [5.74, 6) is 1.85. The second kappa shape index (κ2) is 4.58. The van der Waals surface area contributed by atoms with E-state index in [1.54, 1.807) is 0 Å². The van der Waals surface area contributed by atoms with Crippen LogP contribution in [0.3, 0.4) is 0 Å². The van der Waals surface area contributed by atoms with Crippen LogP contribution in [0.2, 0.25) is 0 Å². The maximum Gasteiger partial charge on any atom is 0.0792 e. The zero-order chi connectivity index (χ0) is 10.8. The molecule has 0 bridgehead atoms. The summed E-state index contributed by atoms with van der Waals surface area (Å²) < 4.78 is 0. The Bertz CT molecular complexity index is 318. The van der Waals surface area contributed by atoms with Gasteiger partial charge in [-0.15, -0.1) is 11.8 Å². The summed E-state index contributed by atoms with van der Waals surface area (Å²) in [7, 11) is 0. The average Bonchev–Trinajstić information content (AvgIpc) is 2.65. The first-order valence-electron chi connectivity index (χ1n) is 5.64. The molecule has 0 aliphatic carbocycles. The summed E-state index contributed by atoms with van der Waals surface area (Å²) in [5, 5.41) is 4.08. The molecule has 1 aromatic carbocycles. The van der Waals surface area contributed by atoms with E-state index >= 15 is 0 Å². The first kappa shape index (κ1) is 11.0. The Hall–Kier alpha value is -0.470. The molecule has 2 unspecified atom stereocenters. The minimum absolute atomic E-state index is 0.501. The van der Waals surface area contributed by atoms with Crippen LogP contribution in [0, 0.1) is 0 Å². The van der Waals surface area contributed by atoms with E-state index < -0.39 is 0 Å². The molecule has 1 aliphatic rings. The van der Waals surface area contributed by atoms with E-state index in [1.807, 2.05) is 11.8 Å². The van der Waals surface area contributed by atoms with Crippen LogP contribution in [0.1, 0.15) is 43.2 Å². The number of nitrogens with one attached hydrogen (secondary N) is 1. The summed E-state index contributed by atoms with van der Waals surface area (Å²) in [5.41, 5.74) is 2.84. The fraction of sp³-hybridized carbons (Fsp3) is 0.538. The third-order valence-corrected chi connectivity index (χ3v) is 4.29. The van der Waals surface area contributed by atoms with Gasteiger partial charge in [-0.2, -0.15) is 0 Å². The maximum atomic E-state index is 3.58. The summed E-state index contributed by atoms with van der Waals surface area (Å²) >= 11 is 2.01. The Morgan fingerprint density at radius 2 is 1.93 bits per heavy atom. The fourth-order valence-corrected chi connectivity index (χ4v) is 3.10. The lowest BCUT2D eigenvalue weighted by atomic mass is 10.0. The van der Waals surface area contributed by atoms with Gasteiger partial charge >= 0.3 is 0 Å². The van der Waals surface area contributed by atoms with Gasteiger partial charge in [0, 0.05) is 11.8 Å². The summed E-state index contributed by atoms with van der Waals surface area (Å²) in [4.78, 5) is 0. The molecule has 82 valence electrons. The molecule has 1 aromatic rings. The van der Waals surface area contributed by atoms with Gasteiger partial charge in [-0.25, -0.2) is 0 Å². The van der Waals surface area contributed by atoms with Crippen LogP contribution in [0.4, 0.5) is 0 Å². The Labute approximate surface area is 96.7 Å². The molecule has 0 saturated carbocycles. The SMILES string of the molecule is CC1CSC(c2ccc(C(C)C)cc2)N1. The minimum Gasteiger partial charge on any atom is -0.298 e. The monoisotopic (exact) mass is 221 g/mol. The lowest BCUT2D eigenvalue weighted by Gasteiger charge is -2.12. The van der Waals surface area contributed by atoms with E-state index in [0.29, 0.717) is 17.3 Å². The number of hydrogen-bond acceptors (Lipinski definition) is 2. The third-order valence-electron chi connectivity index (χ3n) is 2.85. The predicted octanol–water partition coefficient (Wildman–Crippen LogP) is 3.53. The molecule has 1 fully saturated rings. The van der Waals surface area contributed by atoms with Crippen LogP contribution in [0.25, 0.3) is 0 Å². The normalized spacial score (nSPS) is 26.1. The smallest absolute Gasteiger partial charge is 0.0792 e. The van der Waals surface area contributed by atoms with Gasteiger partial charge in [-0.1, -0.05) is 38.1 Å². The van der Waals surface area contributed by atoms with E-state index in [2.05, 4.69) is 50.4 Å². The second-order valence-corrected chi connectivity index (χ2v) is 5.74. The van der Waals surface area contributed by atoms with Crippen molar-refractivity contribution in [3.63, 3.8) is 0 Å². The average molecular weight is 221 g/mol. The van der Waals surface area contributed by atoms with Crippen molar-refractivity contribution in [3.05, 3.63) is 35.4 Å². The van der Waals surface area contributed by atoms with Crippen molar-refractivity contribution in [1.82, 2.24) is 5.32 Å². The summed E-state index contributed by atoms with van der Waals surface area (Å²) in [6.45, 7) is 6.72. The standard InChI is InChI=1S/C13H19NS/c1-9(2)11-4-6-12(7-5-11)13-14-10(3)8-15-13/h4-7,9-10,13-14H,8H2,1-3H3. The van der Waals surface area contributed by atoms with Gasteiger partial charge in [0.2, 0.25) is 0 Å². The molecule has 2 rings (SSSR count). The van der Waals surface area contributed by atoms with Crippen LogP contribution < -0.4 is 5.32 Å². The Morgan fingerprint density at radius 3 is 2.40 bits per heavy atom. The molecule has 1 heterocycles. The van der Waals surface area contributed by atoms with Crippen molar-refractivity contribution < 1.29 is 0 Å². The highest BCUT2D eigenvalue weighted by Crippen LogP contribution is 2.32. The Morgan fingerprint density at radius 1 is 1.27 bits per heavy atom. The van der Waals surface area contributed by atoms with Crippen LogP contribution in [0.15, 0.2) is 24.3 Å². The van der Waals surface area contributed by atoms with E-state index in [9.17, 15) is 0 Å². The Balaban J connectivity index is 2.10. The second-order valence-electron chi connectivity index (χ2n) is 4.60. The van der Waals surface area contributed by atoms with Gasteiger partial charge in [-0.3, -0.25) is 5.32 Å². The number of hydrogen-bond donors (Lipinski definition) is 1. The molecule has 15 heavy (non-hydrogen) atoms. The summed E-state index contributed by atoms with van der Waals surface area (Å²) in [6.07, 6.45) is 0. The van der Waals surface area contributed by atoms with Crippen LogP contribution >= 0.6 is 11.8 Å². The van der Waals surface area contributed by atoms with Crippen molar-refractivity contribution in [2.24, 2.45) is 0 Å². The van der Waals surface area contributed by atoms with E-state index in [0.717, 1.165) is 0 Å². The van der Waals surface area contributed by atoms with Crippen molar-refractivity contribution in [3.8, 4) is 0 Å². The van der Waals surface area contributed by atoms with E-state index in [1.165, 1.54) is 16.9 Å². The first-order chi connectivity index (χ1) is 7.16. The molecule has 0 amide bonds. The molecular formula is C13H19NS. The van der Waals surface area contributed by atoms with Crippen LogP contribution in [-0.4, -0.2) is 11.8 Å². The zero-order valence-corrected chi connectivity index (χ0v) is 10.5. The molecule has 0 radical (unpaired) electrons. The molecule has 2 heteroatoms. The molecule has 0 aromatic heterocycles. The fourth-order valence-electron chi connectivity index (χ4n) is 1.84. The van der Waals surface area contributed by atoms with Gasteiger partial charge in [0.15, 0.2) is 0 Å². The maximum absolute atomic E-state index is 3.58. The molecule has 1 saturated heterocycles. The highest BCUT2D eigenvalue weighted by molar-refractivity contribution is 7.99. The topological polar surface area (TPSA) is 12.0 Å². The van der Waals surface area contributed by atoms with Crippen molar-refractivity contribution in [2.45, 2.75) is 38.1 Å². The van der Waals surface area contributed by atoms with Gasteiger partial charge in [0.05, 0.1) is 5.37 Å². The van der Waals surface area contributed by atoms with Gasteiger partial charge in [-0.05, 0) is 24.0 Å². The molecule has 2 atom stereocenters. The zero-order valence-electron chi connectivity index (χ0n) is 9.66. The summed E-state index contributed by atoms with van der Waals surface area (Å²) in [6, 6.07) is 9.68. The predicted molar refractivity (Wildman–Crippen MR) is 68.3 cm³/mol. The van der Waals surface area contributed by atoms with Crippen LogP contribution in [-0.2, 0) is 0 Å². The van der Waals surface area contributed by atoms with Crippen molar-refractivity contribution in [1.29, 1.82) is 0 Å². The van der Waals surface area contributed by atoms with Gasteiger partial charge in [0.25, 0.3) is 0 Å². The number of rotatable bonds is 2. The van der Waals surface area contributed by atoms with E-state index in [4.69, 9.17) is 0 Å². The molecule has 1 aliphatic heterocycles. The minimum atomic E-state index is 0.501. The van der Waals surface area contributed by atoms with Crippen molar-refractivity contribution >= 4 is 11.8 Å². The lowest BCUT2D eigenvalue weighted by molar-refractivity contribution is 0.618. The highest BCUT2D eigenvalue weighted by Gasteiger charge is 2.21. The van der Waals surface area contributed by atoms with Crippen LogP contribution in [0.5, 0.6) is 0 Å². The third kappa shape index (κ3) is 2.56. The quantitative estimate of drug-likeness (QED) is 0.820. The van der Waals surface area contributed by atoms with Gasteiger partial charge in [0.1, 0.15) is 0 Å². The number of thioether (sulfide) groups is 1. The molecule has 0 spiro atoms. The Kier molecular flexibility index (Phi) is 3.37. The van der Waals surface area contributed by atoms with Gasteiger partial charge < -0.3 is 0 Å². The first-order valence-corrected chi connectivity index (χ1v) is 6.69. The largest absolute Gasteiger partial charge is 0.298 e. The van der Waals surface area contributed by atoms with Crippen molar-refractivity contribution in [2.75, 3.05) is 5.75 Å². The number of benzene rings is 1. The molecular weight excluding hydrogens is 202 g/mol.